The van der Waals surface area contributed by atoms with Crippen molar-refractivity contribution in [2.24, 2.45) is 5.92 Å². The maximum absolute atomic E-state index is 12.9. The molecule has 0 aliphatic carbocycles. The summed E-state index contributed by atoms with van der Waals surface area (Å²) >= 11 is 0. The van der Waals surface area contributed by atoms with Crippen LogP contribution in [0.3, 0.4) is 0 Å². The van der Waals surface area contributed by atoms with Crippen LogP contribution < -0.4 is 15.4 Å². The summed E-state index contributed by atoms with van der Waals surface area (Å²) in [4.78, 5) is 28.8. The largest absolute Gasteiger partial charge is 0.492 e. The number of amides is 3. The molecule has 0 radical (unpaired) electrons. The minimum Gasteiger partial charge on any atom is -0.492 e. The molecule has 1 aromatic carbocycles. The normalized spacial score (nSPS) is 26.4. The van der Waals surface area contributed by atoms with Crippen LogP contribution in [0.2, 0.25) is 0 Å². The lowest BCUT2D eigenvalue weighted by Crippen LogP contribution is -2.79. The number of imide groups is 1. The smallest absolute Gasteiger partial charge is 0.327 e. The quantitative estimate of drug-likeness (QED) is 0.488. The molecule has 4 unspecified atom stereocenters. The molecule has 3 rings (SSSR count). The van der Waals surface area contributed by atoms with E-state index in [9.17, 15) is 9.59 Å². The minimum atomic E-state index is -0.489. The van der Waals surface area contributed by atoms with Crippen LogP contribution in [0.25, 0.3) is 0 Å². The number of carbonyl (C=O) groups is 2. The molecule has 8 nitrogen and oxygen atoms in total. The predicted octanol–water partition coefficient (Wildman–Crippen LogP) is 1.79. The standard InChI is InChI=1S/C23H36N4O4/c1-16(2)14-27-21-20(22(29)26(3)23(27)30)24-18(12-8-5-9-13-28)19(25-21)15-31-17-10-6-4-7-11-17/h4,6-7,10-11,16,18-21,24-25,28H,5,8-9,12-15H2,1-3H3. The van der Waals surface area contributed by atoms with Gasteiger partial charge in [-0.15, -0.1) is 0 Å². The molecule has 3 N–H and O–H groups in total. The van der Waals surface area contributed by atoms with E-state index in [0.717, 1.165) is 31.4 Å². The van der Waals surface area contributed by atoms with Gasteiger partial charge in [0.1, 0.15) is 24.6 Å². The van der Waals surface area contributed by atoms with Crippen molar-refractivity contribution in [3.8, 4) is 5.75 Å². The Balaban J connectivity index is 1.77. The molecule has 1 aromatic rings. The molecule has 3 amide bonds. The van der Waals surface area contributed by atoms with Crippen molar-refractivity contribution in [2.75, 3.05) is 26.8 Å². The van der Waals surface area contributed by atoms with E-state index in [1.165, 1.54) is 4.90 Å². The van der Waals surface area contributed by atoms with Gasteiger partial charge >= 0.3 is 6.03 Å². The number of para-hydroxylation sites is 1. The number of likely N-dealkylation sites (N-methyl/N-ethyl adjacent to an activating group) is 1. The molecule has 2 aliphatic rings. The molecule has 2 saturated heterocycles. The number of fused-ring (bicyclic) bond motifs is 1. The number of rotatable bonds is 10. The Hall–Kier alpha value is -2.16. The lowest BCUT2D eigenvalue weighted by Gasteiger charge is -2.51. The number of hydrogen-bond donors (Lipinski definition) is 3. The third-order valence-electron chi connectivity index (χ3n) is 5.95. The van der Waals surface area contributed by atoms with E-state index in [1.807, 2.05) is 30.3 Å². The monoisotopic (exact) mass is 432 g/mol. The molecule has 172 valence electrons. The summed E-state index contributed by atoms with van der Waals surface area (Å²) in [6.07, 6.45) is 3.10. The first-order valence-electron chi connectivity index (χ1n) is 11.3. The van der Waals surface area contributed by atoms with Crippen molar-refractivity contribution in [2.45, 2.75) is 63.8 Å². The van der Waals surface area contributed by atoms with Gasteiger partial charge in [-0.25, -0.2) is 4.79 Å². The van der Waals surface area contributed by atoms with Gasteiger partial charge in [-0.05, 0) is 30.9 Å². The molecular weight excluding hydrogens is 396 g/mol. The topological polar surface area (TPSA) is 94.1 Å². The Labute approximate surface area is 184 Å². The van der Waals surface area contributed by atoms with Gasteiger partial charge in [0.25, 0.3) is 5.91 Å². The fourth-order valence-corrected chi connectivity index (χ4v) is 4.35. The van der Waals surface area contributed by atoms with E-state index in [1.54, 1.807) is 11.9 Å². The highest BCUT2D eigenvalue weighted by molar-refractivity contribution is 6.00. The zero-order valence-electron chi connectivity index (χ0n) is 18.8. The SMILES string of the molecule is CC(C)CN1C(=O)N(C)C(=O)C2NC(CCCCCO)C(COc3ccccc3)NC21. The van der Waals surface area contributed by atoms with Gasteiger partial charge in [0.15, 0.2) is 0 Å². The summed E-state index contributed by atoms with van der Waals surface area (Å²) in [5.41, 5.74) is 0. The fourth-order valence-electron chi connectivity index (χ4n) is 4.35. The lowest BCUT2D eigenvalue weighted by molar-refractivity contribution is -0.138. The van der Waals surface area contributed by atoms with Gasteiger partial charge in [0, 0.05) is 26.2 Å². The van der Waals surface area contributed by atoms with Crippen molar-refractivity contribution >= 4 is 11.9 Å². The van der Waals surface area contributed by atoms with Gasteiger partial charge in [-0.3, -0.25) is 20.3 Å². The average molecular weight is 433 g/mol. The Kier molecular flexibility index (Phi) is 8.28. The number of urea groups is 1. The number of ether oxygens (including phenoxy) is 1. The Bertz CT molecular complexity index is 730. The highest BCUT2D eigenvalue weighted by atomic mass is 16.5. The molecule has 4 atom stereocenters. The number of benzene rings is 1. The molecule has 0 saturated carbocycles. The minimum absolute atomic E-state index is 0.0232. The maximum Gasteiger partial charge on any atom is 0.327 e. The Morgan fingerprint density at radius 1 is 1.06 bits per heavy atom. The third-order valence-corrected chi connectivity index (χ3v) is 5.95. The Morgan fingerprint density at radius 3 is 2.48 bits per heavy atom. The van der Waals surface area contributed by atoms with Gasteiger partial charge in [-0.2, -0.15) is 0 Å². The van der Waals surface area contributed by atoms with Crippen LogP contribution in [0.4, 0.5) is 4.79 Å². The first kappa shape index (κ1) is 23.5. The highest BCUT2D eigenvalue weighted by Crippen LogP contribution is 2.24. The molecule has 0 bridgehead atoms. The van der Waals surface area contributed by atoms with Crippen LogP contribution in [0, 0.1) is 5.92 Å². The first-order valence-corrected chi connectivity index (χ1v) is 11.3. The summed E-state index contributed by atoms with van der Waals surface area (Å²) in [5.74, 6) is 0.869. The number of carbonyl (C=O) groups excluding carboxylic acids is 2. The van der Waals surface area contributed by atoms with E-state index >= 15 is 0 Å². The van der Waals surface area contributed by atoms with E-state index in [4.69, 9.17) is 9.84 Å². The van der Waals surface area contributed by atoms with Crippen molar-refractivity contribution in [1.29, 1.82) is 0 Å². The second-order valence-electron chi connectivity index (χ2n) is 8.89. The highest BCUT2D eigenvalue weighted by Gasteiger charge is 2.50. The zero-order valence-corrected chi connectivity index (χ0v) is 18.8. The molecule has 2 fully saturated rings. The first-order chi connectivity index (χ1) is 14.9. The van der Waals surface area contributed by atoms with Gasteiger partial charge in [0.2, 0.25) is 0 Å². The molecule has 0 spiro atoms. The van der Waals surface area contributed by atoms with Crippen LogP contribution >= 0.6 is 0 Å². The van der Waals surface area contributed by atoms with Crippen LogP contribution in [0.1, 0.15) is 39.5 Å². The number of hydrogen-bond acceptors (Lipinski definition) is 6. The van der Waals surface area contributed by atoms with Crippen LogP contribution in [-0.2, 0) is 4.79 Å². The van der Waals surface area contributed by atoms with E-state index in [0.29, 0.717) is 13.2 Å². The van der Waals surface area contributed by atoms with Crippen molar-refractivity contribution in [1.82, 2.24) is 20.4 Å². The molecule has 8 heteroatoms. The number of aliphatic hydroxyl groups excluding tert-OH is 1. The van der Waals surface area contributed by atoms with Crippen LogP contribution in [-0.4, -0.2) is 77.9 Å². The predicted molar refractivity (Wildman–Crippen MR) is 119 cm³/mol. The second kappa shape index (κ2) is 10.9. The average Bonchev–Trinajstić information content (AvgIpc) is 2.77. The van der Waals surface area contributed by atoms with Crippen molar-refractivity contribution in [3.63, 3.8) is 0 Å². The molecule has 31 heavy (non-hydrogen) atoms. The molecule has 2 heterocycles. The summed E-state index contributed by atoms with van der Waals surface area (Å²) in [7, 11) is 1.55. The van der Waals surface area contributed by atoms with Gasteiger partial charge in [0.05, 0.1) is 6.04 Å². The van der Waals surface area contributed by atoms with E-state index in [2.05, 4.69) is 24.5 Å². The fraction of sp³-hybridized carbons (Fsp3) is 0.652. The zero-order chi connectivity index (χ0) is 22.4. The summed E-state index contributed by atoms with van der Waals surface area (Å²) in [6, 6.07) is 8.86. The van der Waals surface area contributed by atoms with E-state index in [-0.39, 0.29) is 36.5 Å². The lowest BCUT2D eigenvalue weighted by atomic mass is 9.93. The number of piperazine rings is 1. The van der Waals surface area contributed by atoms with E-state index < -0.39 is 12.2 Å². The Morgan fingerprint density at radius 2 is 1.81 bits per heavy atom. The molecular formula is C23H36N4O4. The number of nitrogens with one attached hydrogen (secondary N) is 2. The van der Waals surface area contributed by atoms with Crippen LogP contribution in [0.15, 0.2) is 30.3 Å². The molecule has 0 aromatic heterocycles. The second-order valence-corrected chi connectivity index (χ2v) is 8.89. The number of nitrogens with zero attached hydrogens (tertiary/aromatic N) is 2. The van der Waals surface area contributed by atoms with Gasteiger partial charge < -0.3 is 14.7 Å². The number of unbranched alkanes of at least 4 members (excludes halogenated alkanes) is 2. The summed E-state index contributed by atoms with van der Waals surface area (Å²) in [6.45, 7) is 5.32. The van der Waals surface area contributed by atoms with Crippen LogP contribution in [0.5, 0.6) is 5.75 Å². The summed E-state index contributed by atoms with van der Waals surface area (Å²) in [5, 5.41) is 16.2. The van der Waals surface area contributed by atoms with Crippen molar-refractivity contribution in [3.05, 3.63) is 30.3 Å². The third kappa shape index (κ3) is 5.75. The van der Waals surface area contributed by atoms with Crippen molar-refractivity contribution < 1.29 is 19.4 Å². The molecule has 2 aliphatic heterocycles. The maximum atomic E-state index is 12.9. The van der Waals surface area contributed by atoms with Gasteiger partial charge in [-0.1, -0.05) is 44.9 Å². The number of aliphatic hydroxyl groups is 1. The summed E-state index contributed by atoms with van der Waals surface area (Å²) < 4.78 is 6.03.